The first-order valence-electron chi connectivity index (χ1n) is 5.67. The molecule has 2 N–H and O–H groups in total. The number of rotatable bonds is 2. The van der Waals surface area contributed by atoms with E-state index in [9.17, 15) is 0 Å². The Labute approximate surface area is 102 Å². The van der Waals surface area contributed by atoms with Crippen molar-refractivity contribution < 1.29 is 4.74 Å². The molecule has 0 bridgehead atoms. The third kappa shape index (κ3) is 2.04. The number of ether oxygens (including phenoxy) is 1. The zero-order valence-corrected chi connectivity index (χ0v) is 10.6. The van der Waals surface area contributed by atoms with Crippen molar-refractivity contribution >= 4 is 11.6 Å². The topological polar surface area (TPSA) is 35.2 Å². The number of fused-ring (bicyclic) bond motifs is 1. The van der Waals surface area contributed by atoms with Crippen molar-refractivity contribution in [1.82, 2.24) is 0 Å². The van der Waals surface area contributed by atoms with Crippen molar-refractivity contribution in [3.8, 4) is 5.75 Å². The molecule has 1 unspecified atom stereocenters. The summed E-state index contributed by atoms with van der Waals surface area (Å²) in [7, 11) is 0. The Morgan fingerprint density at radius 3 is 2.94 bits per heavy atom. The first-order chi connectivity index (χ1) is 7.54. The van der Waals surface area contributed by atoms with Crippen molar-refractivity contribution in [1.29, 1.82) is 0 Å². The fourth-order valence-corrected chi connectivity index (χ4v) is 2.50. The van der Waals surface area contributed by atoms with Gasteiger partial charge in [0.05, 0.1) is 6.61 Å². The van der Waals surface area contributed by atoms with Crippen LogP contribution in [-0.4, -0.2) is 13.2 Å². The van der Waals surface area contributed by atoms with Crippen LogP contribution in [0.4, 0.5) is 0 Å². The predicted octanol–water partition coefficient (Wildman–Crippen LogP) is 3.19. The Hall–Kier alpha value is -0.730. The lowest BCUT2D eigenvalue weighted by molar-refractivity contribution is 0.195. The summed E-state index contributed by atoms with van der Waals surface area (Å²) < 4.78 is 5.65. The summed E-state index contributed by atoms with van der Waals surface area (Å²) in [6, 6.07) is 5.84. The van der Waals surface area contributed by atoms with Crippen molar-refractivity contribution in [2.75, 3.05) is 13.2 Å². The molecule has 1 aromatic carbocycles. The molecular formula is C13H18ClNO. The largest absolute Gasteiger partial charge is 0.493 e. The number of benzene rings is 1. The molecule has 88 valence electrons. The van der Waals surface area contributed by atoms with E-state index in [4.69, 9.17) is 22.1 Å². The van der Waals surface area contributed by atoms with E-state index in [1.807, 2.05) is 18.2 Å². The lowest BCUT2D eigenvalue weighted by atomic mass is 9.72. The van der Waals surface area contributed by atoms with Gasteiger partial charge in [0.25, 0.3) is 0 Å². The van der Waals surface area contributed by atoms with Gasteiger partial charge in [-0.1, -0.05) is 25.4 Å². The molecule has 2 nitrogen and oxygen atoms in total. The Balaban J connectivity index is 2.43. The van der Waals surface area contributed by atoms with E-state index >= 15 is 0 Å². The SMILES string of the molecule is CC(C)(CN)C1CCOc2ccc(Cl)cc21. The van der Waals surface area contributed by atoms with Crippen LogP contribution in [0.1, 0.15) is 31.7 Å². The fraction of sp³-hybridized carbons (Fsp3) is 0.538. The highest BCUT2D eigenvalue weighted by atomic mass is 35.5. The smallest absolute Gasteiger partial charge is 0.122 e. The van der Waals surface area contributed by atoms with Gasteiger partial charge in [-0.3, -0.25) is 0 Å². The van der Waals surface area contributed by atoms with Crippen molar-refractivity contribution in [3.63, 3.8) is 0 Å². The van der Waals surface area contributed by atoms with E-state index in [-0.39, 0.29) is 5.41 Å². The zero-order valence-electron chi connectivity index (χ0n) is 9.79. The second-order valence-corrected chi connectivity index (χ2v) is 5.50. The molecule has 2 rings (SSSR count). The monoisotopic (exact) mass is 239 g/mol. The minimum Gasteiger partial charge on any atom is -0.493 e. The molecule has 0 saturated carbocycles. The highest BCUT2D eigenvalue weighted by Crippen LogP contribution is 2.44. The first kappa shape index (κ1) is 11.7. The molecule has 0 fully saturated rings. The third-order valence-corrected chi connectivity index (χ3v) is 3.72. The van der Waals surface area contributed by atoms with Crippen molar-refractivity contribution in [2.24, 2.45) is 11.1 Å². The molecule has 0 spiro atoms. The highest BCUT2D eigenvalue weighted by Gasteiger charge is 2.33. The minimum atomic E-state index is 0.0865. The van der Waals surface area contributed by atoms with Gasteiger partial charge in [-0.15, -0.1) is 0 Å². The van der Waals surface area contributed by atoms with E-state index in [2.05, 4.69) is 13.8 Å². The average molecular weight is 240 g/mol. The Bertz CT molecular complexity index is 390. The second kappa shape index (κ2) is 4.27. The summed E-state index contributed by atoms with van der Waals surface area (Å²) in [5.74, 6) is 1.39. The molecular weight excluding hydrogens is 222 g/mol. The van der Waals surface area contributed by atoms with Crippen LogP contribution >= 0.6 is 11.6 Å². The molecule has 1 aliphatic heterocycles. The lowest BCUT2D eigenvalue weighted by Gasteiger charge is -2.37. The number of nitrogens with two attached hydrogens (primary N) is 1. The van der Waals surface area contributed by atoms with Crippen molar-refractivity contribution in [3.05, 3.63) is 28.8 Å². The molecule has 1 aliphatic rings. The lowest BCUT2D eigenvalue weighted by Crippen LogP contribution is -2.33. The maximum atomic E-state index is 6.05. The van der Waals surface area contributed by atoms with E-state index in [0.29, 0.717) is 12.5 Å². The summed E-state index contributed by atoms with van der Waals surface area (Å²) in [4.78, 5) is 0. The highest BCUT2D eigenvalue weighted by molar-refractivity contribution is 6.30. The van der Waals surface area contributed by atoms with Gasteiger partial charge in [-0.25, -0.2) is 0 Å². The minimum absolute atomic E-state index is 0.0865. The number of hydrogen-bond acceptors (Lipinski definition) is 2. The molecule has 0 aliphatic carbocycles. The van der Waals surface area contributed by atoms with Gasteiger partial charge in [0, 0.05) is 5.02 Å². The number of halogens is 1. The van der Waals surface area contributed by atoms with Gasteiger partial charge in [0.1, 0.15) is 5.75 Å². The normalized spacial score (nSPS) is 20.1. The number of hydrogen-bond donors (Lipinski definition) is 1. The molecule has 3 heteroatoms. The predicted molar refractivity (Wildman–Crippen MR) is 67.1 cm³/mol. The maximum Gasteiger partial charge on any atom is 0.122 e. The quantitative estimate of drug-likeness (QED) is 0.860. The Kier molecular flexibility index (Phi) is 3.13. The van der Waals surface area contributed by atoms with Gasteiger partial charge in [0.2, 0.25) is 0 Å². The molecule has 1 aromatic rings. The molecule has 1 atom stereocenters. The van der Waals surface area contributed by atoms with E-state index in [1.54, 1.807) is 0 Å². The summed E-state index contributed by atoms with van der Waals surface area (Å²) in [6.45, 7) is 5.84. The Morgan fingerprint density at radius 1 is 1.50 bits per heavy atom. The first-order valence-corrected chi connectivity index (χ1v) is 6.05. The maximum absolute atomic E-state index is 6.05. The van der Waals surface area contributed by atoms with Crippen LogP contribution in [0.2, 0.25) is 5.02 Å². The van der Waals surface area contributed by atoms with Crippen LogP contribution in [-0.2, 0) is 0 Å². The van der Waals surface area contributed by atoms with Gasteiger partial charge in [-0.2, -0.15) is 0 Å². The van der Waals surface area contributed by atoms with Crippen LogP contribution < -0.4 is 10.5 Å². The van der Waals surface area contributed by atoms with Crippen molar-refractivity contribution in [2.45, 2.75) is 26.2 Å². The third-order valence-electron chi connectivity index (χ3n) is 3.48. The molecule has 0 saturated heterocycles. The van der Waals surface area contributed by atoms with Crippen LogP contribution in [0.15, 0.2) is 18.2 Å². The summed E-state index contributed by atoms with van der Waals surface area (Å²) >= 11 is 6.05. The average Bonchev–Trinajstić information content (AvgIpc) is 2.28. The Morgan fingerprint density at radius 2 is 2.25 bits per heavy atom. The molecule has 0 radical (unpaired) electrons. The second-order valence-electron chi connectivity index (χ2n) is 5.06. The summed E-state index contributed by atoms with van der Waals surface area (Å²) in [5, 5.41) is 0.766. The van der Waals surface area contributed by atoms with Gasteiger partial charge in [0.15, 0.2) is 0 Å². The van der Waals surface area contributed by atoms with E-state index < -0.39 is 0 Å². The standard InChI is InChI=1S/C13H18ClNO/c1-13(2,8-15)11-5-6-16-12-4-3-9(14)7-10(11)12/h3-4,7,11H,5-6,8,15H2,1-2H3. The molecule has 0 amide bonds. The molecule has 1 heterocycles. The summed E-state index contributed by atoms with van der Waals surface area (Å²) in [5.41, 5.74) is 7.15. The van der Waals surface area contributed by atoms with Crippen LogP contribution in [0.5, 0.6) is 5.75 Å². The molecule has 16 heavy (non-hydrogen) atoms. The van der Waals surface area contributed by atoms with Gasteiger partial charge >= 0.3 is 0 Å². The van der Waals surface area contributed by atoms with Gasteiger partial charge in [-0.05, 0) is 48.1 Å². The summed E-state index contributed by atoms with van der Waals surface area (Å²) in [6.07, 6.45) is 1.01. The van der Waals surface area contributed by atoms with Crippen LogP contribution in [0.25, 0.3) is 0 Å². The zero-order chi connectivity index (χ0) is 11.8. The van der Waals surface area contributed by atoms with E-state index in [1.165, 1.54) is 5.56 Å². The fourth-order valence-electron chi connectivity index (χ4n) is 2.32. The van der Waals surface area contributed by atoms with Crippen LogP contribution in [0.3, 0.4) is 0 Å². The van der Waals surface area contributed by atoms with E-state index in [0.717, 1.165) is 23.8 Å². The van der Waals surface area contributed by atoms with Crippen LogP contribution in [0, 0.1) is 5.41 Å². The molecule has 0 aromatic heterocycles. The van der Waals surface area contributed by atoms with Gasteiger partial charge < -0.3 is 10.5 Å².